The molecule has 0 amide bonds. The summed E-state index contributed by atoms with van der Waals surface area (Å²) in [5.41, 5.74) is 2.70. The Balaban J connectivity index is 1.82. The lowest BCUT2D eigenvalue weighted by molar-refractivity contribution is 0.145. The van der Waals surface area contributed by atoms with Crippen molar-refractivity contribution in [2.75, 3.05) is 39.3 Å². The molecule has 0 atom stereocenters. The summed E-state index contributed by atoms with van der Waals surface area (Å²) in [6.07, 6.45) is 2.38. The molecule has 0 aromatic carbocycles. The van der Waals surface area contributed by atoms with E-state index in [0.717, 1.165) is 38.7 Å². The Hall–Kier alpha value is -0.850. The van der Waals surface area contributed by atoms with E-state index in [9.17, 15) is 0 Å². The fraction of sp³-hybridized carbons (Fsp3) is 0.900. The molecule has 6 nitrogen and oxygen atoms in total. The molecule has 0 bridgehead atoms. The molecule has 6 heteroatoms. The lowest BCUT2D eigenvalue weighted by Gasteiger charge is -2.35. The number of aliphatic hydroxyl groups excluding tert-OH is 1. The summed E-state index contributed by atoms with van der Waals surface area (Å²) >= 11 is 0. The number of guanidine groups is 1. The van der Waals surface area contributed by atoms with Gasteiger partial charge >= 0.3 is 0 Å². The maximum Gasteiger partial charge on any atom is 0.208 e. The van der Waals surface area contributed by atoms with Crippen LogP contribution >= 0.6 is 0 Å². The normalized spacial score (nSPS) is 23.6. The van der Waals surface area contributed by atoms with Gasteiger partial charge in [-0.2, -0.15) is 0 Å². The number of aliphatic hydroxyl groups is 1. The number of piperazine rings is 1. The lowest BCUT2D eigenvalue weighted by atomic mass is 10.3. The van der Waals surface area contributed by atoms with Crippen molar-refractivity contribution in [3.8, 4) is 0 Å². The first kappa shape index (κ1) is 11.6. The minimum Gasteiger partial charge on any atom is -0.395 e. The zero-order valence-electron chi connectivity index (χ0n) is 9.60. The van der Waals surface area contributed by atoms with Crippen LogP contribution in [-0.2, 0) is 0 Å². The molecule has 0 aromatic heterocycles. The fourth-order valence-electron chi connectivity index (χ4n) is 1.91. The number of hydrazine groups is 1. The third-order valence-electron chi connectivity index (χ3n) is 3.07. The largest absolute Gasteiger partial charge is 0.395 e. The van der Waals surface area contributed by atoms with Crippen LogP contribution in [0.1, 0.15) is 12.8 Å². The predicted molar refractivity (Wildman–Crippen MR) is 62.9 cm³/mol. The lowest BCUT2D eigenvalue weighted by Crippen LogP contribution is -2.54. The Morgan fingerprint density at radius 1 is 1.31 bits per heavy atom. The summed E-state index contributed by atoms with van der Waals surface area (Å²) in [5.74, 6) is 6.32. The highest BCUT2D eigenvalue weighted by Gasteiger charge is 2.24. The van der Waals surface area contributed by atoms with Gasteiger partial charge in [0.05, 0.1) is 12.6 Å². The minimum absolute atomic E-state index is 0.234. The number of β-amino-alcohol motifs (C(OH)–C–C–N with tert-alkyl or cyclic N) is 1. The molecule has 0 radical (unpaired) electrons. The second-order valence-corrected chi connectivity index (χ2v) is 4.38. The van der Waals surface area contributed by atoms with Crippen LogP contribution in [0.5, 0.6) is 0 Å². The molecule has 0 spiro atoms. The summed E-state index contributed by atoms with van der Waals surface area (Å²) in [6.45, 7) is 4.78. The highest BCUT2D eigenvalue weighted by molar-refractivity contribution is 5.79. The zero-order chi connectivity index (χ0) is 11.4. The number of nitrogens with two attached hydrogens (primary N) is 1. The molecule has 2 rings (SSSR count). The molecule has 1 heterocycles. The van der Waals surface area contributed by atoms with E-state index in [1.54, 1.807) is 0 Å². The molecule has 92 valence electrons. The monoisotopic (exact) mass is 227 g/mol. The summed E-state index contributed by atoms with van der Waals surface area (Å²) in [7, 11) is 0. The van der Waals surface area contributed by atoms with Gasteiger partial charge in [0.2, 0.25) is 5.96 Å². The molecule has 0 unspecified atom stereocenters. The van der Waals surface area contributed by atoms with E-state index in [0.29, 0.717) is 6.04 Å². The molecule has 4 N–H and O–H groups in total. The summed E-state index contributed by atoms with van der Waals surface area (Å²) < 4.78 is 0. The van der Waals surface area contributed by atoms with Crippen molar-refractivity contribution in [2.45, 2.75) is 18.9 Å². The summed E-state index contributed by atoms with van der Waals surface area (Å²) in [4.78, 5) is 8.98. The molecule has 0 aromatic rings. The van der Waals surface area contributed by atoms with Crippen molar-refractivity contribution < 1.29 is 5.11 Å². The third-order valence-corrected chi connectivity index (χ3v) is 3.07. The van der Waals surface area contributed by atoms with Crippen LogP contribution in [-0.4, -0.2) is 66.2 Å². The molecule has 1 saturated heterocycles. The van der Waals surface area contributed by atoms with Gasteiger partial charge in [0.25, 0.3) is 0 Å². The van der Waals surface area contributed by atoms with Crippen LogP contribution in [0.25, 0.3) is 0 Å². The van der Waals surface area contributed by atoms with Crippen LogP contribution in [0.2, 0.25) is 0 Å². The van der Waals surface area contributed by atoms with Crippen LogP contribution in [0.4, 0.5) is 0 Å². The first-order chi connectivity index (χ1) is 7.83. The van der Waals surface area contributed by atoms with Gasteiger partial charge in [-0.15, -0.1) is 0 Å². The molecule has 1 aliphatic heterocycles. The van der Waals surface area contributed by atoms with Gasteiger partial charge in [0.15, 0.2) is 0 Å². The molecule has 1 aliphatic carbocycles. The maximum absolute atomic E-state index is 8.86. The topological polar surface area (TPSA) is 77.1 Å². The van der Waals surface area contributed by atoms with Gasteiger partial charge in [-0.1, -0.05) is 0 Å². The number of aliphatic imine (C=N–C) groups is 1. The molecular weight excluding hydrogens is 206 g/mol. The SMILES string of the molecule is NNC(=NC1CC1)N1CCN(CCO)CC1. The van der Waals surface area contributed by atoms with Crippen LogP contribution in [0, 0.1) is 0 Å². The Morgan fingerprint density at radius 3 is 2.50 bits per heavy atom. The third kappa shape index (κ3) is 3.07. The van der Waals surface area contributed by atoms with Crippen LogP contribution in [0.3, 0.4) is 0 Å². The van der Waals surface area contributed by atoms with Crippen molar-refractivity contribution in [2.24, 2.45) is 10.8 Å². The van der Waals surface area contributed by atoms with Crippen molar-refractivity contribution in [1.82, 2.24) is 15.2 Å². The van der Waals surface area contributed by atoms with E-state index in [1.807, 2.05) is 0 Å². The molecular formula is C10H21N5O. The van der Waals surface area contributed by atoms with E-state index in [1.165, 1.54) is 12.8 Å². The standard InChI is InChI=1S/C10H21N5O/c11-13-10(12-9-1-2-9)15-5-3-14(4-6-15)7-8-16/h9,16H,1-8,11H2,(H,12,13). The zero-order valence-corrected chi connectivity index (χ0v) is 9.60. The maximum atomic E-state index is 8.86. The van der Waals surface area contributed by atoms with Crippen molar-refractivity contribution in [1.29, 1.82) is 0 Å². The molecule has 1 saturated carbocycles. The fourth-order valence-corrected chi connectivity index (χ4v) is 1.91. The van der Waals surface area contributed by atoms with Crippen LogP contribution in [0.15, 0.2) is 4.99 Å². The quantitative estimate of drug-likeness (QED) is 0.239. The van der Waals surface area contributed by atoms with Gasteiger partial charge in [-0.25, -0.2) is 10.8 Å². The van der Waals surface area contributed by atoms with Crippen LogP contribution < -0.4 is 11.3 Å². The van der Waals surface area contributed by atoms with Gasteiger partial charge in [0.1, 0.15) is 0 Å². The Morgan fingerprint density at radius 2 is 2.00 bits per heavy atom. The highest BCUT2D eigenvalue weighted by Crippen LogP contribution is 2.23. The Kier molecular flexibility index (Phi) is 3.98. The highest BCUT2D eigenvalue weighted by atomic mass is 16.3. The molecule has 2 aliphatic rings. The number of nitrogens with one attached hydrogen (secondary N) is 1. The Labute approximate surface area is 96.1 Å². The van der Waals surface area contributed by atoms with Gasteiger partial charge in [-0.05, 0) is 12.8 Å². The first-order valence-corrected chi connectivity index (χ1v) is 5.96. The second kappa shape index (κ2) is 5.47. The number of nitrogens with zero attached hydrogens (tertiary/aromatic N) is 3. The van der Waals surface area contributed by atoms with E-state index in [2.05, 4.69) is 20.2 Å². The average Bonchev–Trinajstić information content (AvgIpc) is 3.11. The summed E-state index contributed by atoms with van der Waals surface area (Å²) in [6, 6.07) is 0.488. The number of hydrogen-bond donors (Lipinski definition) is 3. The van der Waals surface area contributed by atoms with Crippen molar-refractivity contribution >= 4 is 5.96 Å². The van der Waals surface area contributed by atoms with E-state index in [-0.39, 0.29) is 6.61 Å². The van der Waals surface area contributed by atoms with Gasteiger partial charge < -0.3 is 10.0 Å². The molecule has 2 fully saturated rings. The minimum atomic E-state index is 0.234. The van der Waals surface area contributed by atoms with Crippen molar-refractivity contribution in [3.05, 3.63) is 0 Å². The number of rotatable bonds is 3. The van der Waals surface area contributed by atoms with E-state index < -0.39 is 0 Å². The predicted octanol–water partition coefficient (Wildman–Crippen LogP) is -1.42. The molecule has 16 heavy (non-hydrogen) atoms. The number of hydrogen-bond acceptors (Lipinski definition) is 4. The van der Waals surface area contributed by atoms with E-state index >= 15 is 0 Å². The van der Waals surface area contributed by atoms with Gasteiger partial charge in [-0.3, -0.25) is 10.3 Å². The summed E-state index contributed by atoms with van der Waals surface area (Å²) in [5, 5.41) is 8.86. The van der Waals surface area contributed by atoms with Crippen molar-refractivity contribution in [3.63, 3.8) is 0 Å². The first-order valence-electron chi connectivity index (χ1n) is 5.96. The Bertz CT molecular complexity index is 246. The smallest absolute Gasteiger partial charge is 0.208 e. The van der Waals surface area contributed by atoms with E-state index in [4.69, 9.17) is 10.9 Å². The average molecular weight is 227 g/mol. The second-order valence-electron chi connectivity index (χ2n) is 4.38. The van der Waals surface area contributed by atoms with Gasteiger partial charge in [0, 0.05) is 32.7 Å².